The van der Waals surface area contributed by atoms with Gasteiger partial charge in [-0.05, 0) is 12.1 Å². The molecule has 18 heavy (non-hydrogen) atoms. The molecule has 0 aromatic carbocycles. The molecule has 0 bridgehead atoms. The van der Waals surface area contributed by atoms with Gasteiger partial charge < -0.3 is 10.1 Å². The highest BCUT2D eigenvalue weighted by Crippen LogP contribution is 2.22. The molecule has 0 fully saturated rings. The molecule has 0 aliphatic carbocycles. The SMILES string of the molecule is CCC.COc1cccnc1Nc1cnccn1. The quantitative estimate of drug-likeness (QED) is 0.902. The second kappa shape index (κ2) is 8.00. The van der Waals surface area contributed by atoms with Gasteiger partial charge in [-0.3, -0.25) is 4.98 Å². The number of hydrogen-bond donors (Lipinski definition) is 1. The summed E-state index contributed by atoms with van der Waals surface area (Å²) >= 11 is 0. The summed E-state index contributed by atoms with van der Waals surface area (Å²) in [6, 6.07) is 3.63. The van der Waals surface area contributed by atoms with E-state index in [1.54, 1.807) is 38.0 Å². The molecular formula is C13H18N4O. The van der Waals surface area contributed by atoms with Crippen LogP contribution in [0.5, 0.6) is 5.75 Å². The molecule has 0 saturated carbocycles. The minimum atomic E-state index is 0.625. The molecule has 1 N–H and O–H groups in total. The molecule has 0 amide bonds. The van der Waals surface area contributed by atoms with Gasteiger partial charge in [-0.25, -0.2) is 9.97 Å². The standard InChI is InChI=1S/C10H10N4O.C3H8/c1-15-8-3-2-4-13-10(8)14-9-7-11-5-6-12-9;1-3-2/h2-7H,1H3,(H,12,13,14);3H2,1-2H3. The predicted molar refractivity (Wildman–Crippen MR) is 72.1 cm³/mol. The second-order valence-electron chi connectivity index (χ2n) is 3.48. The number of pyridine rings is 1. The Kier molecular flexibility index (Phi) is 6.17. The van der Waals surface area contributed by atoms with Gasteiger partial charge in [-0.2, -0.15) is 0 Å². The van der Waals surface area contributed by atoms with Crippen LogP contribution in [0.1, 0.15) is 20.3 Å². The van der Waals surface area contributed by atoms with Crippen molar-refractivity contribution in [3.05, 3.63) is 36.9 Å². The van der Waals surface area contributed by atoms with E-state index in [-0.39, 0.29) is 0 Å². The lowest BCUT2D eigenvalue weighted by Crippen LogP contribution is -1.98. The molecule has 2 aromatic rings. The van der Waals surface area contributed by atoms with Crippen LogP contribution in [0.4, 0.5) is 11.6 Å². The fraction of sp³-hybridized carbons (Fsp3) is 0.308. The average Bonchev–Trinajstić information content (AvgIpc) is 2.41. The van der Waals surface area contributed by atoms with E-state index >= 15 is 0 Å². The summed E-state index contributed by atoms with van der Waals surface area (Å²) in [7, 11) is 1.60. The van der Waals surface area contributed by atoms with Gasteiger partial charge in [0, 0.05) is 18.6 Å². The summed E-state index contributed by atoms with van der Waals surface area (Å²) in [5.41, 5.74) is 0. The first kappa shape index (κ1) is 13.9. The Balaban J connectivity index is 0.000000492. The first-order valence-electron chi connectivity index (χ1n) is 5.83. The number of methoxy groups -OCH3 is 1. The Morgan fingerprint density at radius 1 is 1.17 bits per heavy atom. The van der Waals surface area contributed by atoms with E-state index in [0.717, 1.165) is 0 Å². The van der Waals surface area contributed by atoms with Crippen LogP contribution in [-0.4, -0.2) is 22.1 Å². The fourth-order valence-electron chi connectivity index (χ4n) is 1.13. The molecule has 96 valence electrons. The molecule has 2 rings (SSSR count). The van der Waals surface area contributed by atoms with Crippen LogP contribution in [0.15, 0.2) is 36.9 Å². The Morgan fingerprint density at radius 2 is 1.94 bits per heavy atom. The number of hydrogen-bond acceptors (Lipinski definition) is 5. The van der Waals surface area contributed by atoms with E-state index in [1.807, 2.05) is 6.07 Å². The second-order valence-corrected chi connectivity index (χ2v) is 3.48. The van der Waals surface area contributed by atoms with Crippen LogP contribution >= 0.6 is 0 Å². The van der Waals surface area contributed by atoms with E-state index < -0.39 is 0 Å². The van der Waals surface area contributed by atoms with E-state index in [2.05, 4.69) is 34.1 Å². The maximum Gasteiger partial charge on any atom is 0.174 e. The lowest BCUT2D eigenvalue weighted by atomic mass is 10.4. The highest BCUT2D eigenvalue weighted by Gasteiger charge is 2.03. The molecular weight excluding hydrogens is 228 g/mol. The van der Waals surface area contributed by atoms with Crippen LogP contribution in [0.3, 0.4) is 0 Å². The first-order valence-corrected chi connectivity index (χ1v) is 5.83. The van der Waals surface area contributed by atoms with E-state index in [0.29, 0.717) is 17.4 Å². The van der Waals surface area contributed by atoms with Gasteiger partial charge in [0.1, 0.15) is 5.82 Å². The Labute approximate surface area is 107 Å². The van der Waals surface area contributed by atoms with Crippen LogP contribution in [0.2, 0.25) is 0 Å². The molecule has 0 saturated heterocycles. The van der Waals surface area contributed by atoms with Crippen molar-refractivity contribution in [1.82, 2.24) is 15.0 Å². The Bertz CT molecular complexity index is 448. The molecule has 0 radical (unpaired) electrons. The molecule has 0 spiro atoms. The Hall–Kier alpha value is -2.17. The molecule has 2 heterocycles. The van der Waals surface area contributed by atoms with E-state index in [1.165, 1.54) is 6.42 Å². The van der Waals surface area contributed by atoms with Gasteiger partial charge in [0.05, 0.1) is 13.3 Å². The molecule has 5 heteroatoms. The van der Waals surface area contributed by atoms with Crippen molar-refractivity contribution >= 4 is 11.6 Å². The third kappa shape index (κ3) is 4.37. The lowest BCUT2D eigenvalue weighted by Gasteiger charge is -2.07. The molecule has 2 aromatic heterocycles. The number of anilines is 2. The van der Waals surface area contributed by atoms with Gasteiger partial charge in [0.15, 0.2) is 11.6 Å². The smallest absolute Gasteiger partial charge is 0.174 e. The number of rotatable bonds is 3. The largest absolute Gasteiger partial charge is 0.493 e. The molecule has 5 nitrogen and oxygen atoms in total. The first-order chi connectivity index (χ1) is 8.81. The van der Waals surface area contributed by atoms with Crippen molar-refractivity contribution < 1.29 is 4.74 Å². The van der Waals surface area contributed by atoms with Crippen molar-refractivity contribution in [2.24, 2.45) is 0 Å². The fourth-order valence-corrected chi connectivity index (χ4v) is 1.13. The predicted octanol–water partition coefficient (Wildman–Crippen LogP) is 3.04. The summed E-state index contributed by atoms with van der Waals surface area (Å²) in [5.74, 6) is 1.93. The van der Waals surface area contributed by atoms with E-state index in [4.69, 9.17) is 4.74 Å². The zero-order chi connectivity index (χ0) is 13.2. The molecule has 0 atom stereocenters. The number of ether oxygens (including phenoxy) is 1. The maximum atomic E-state index is 5.14. The monoisotopic (exact) mass is 246 g/mol. The van der Waals surface area contributed by atoms with Crippen LogP contribution in [0.25, 0.3) is 0 Å². The van der Waals surface area contributed by atoms with Crippen LogP contribution < -0.4 is 10.1 Å². The third-order valence-corrected chi connectivity index (χ3v) is 1.80. The molecule has 0 aliphatic rings. The number of nitrogens with one attached hydrogen (secondary N) is 1. The maximum absolute atomic E-state index is 5.14. The number of aromatic nitrogens is 3. The minimum absolute atomic E-state index is 0.625. The van der Waals surface area contributed by atoms with Crippen molar-refractivity contribution in [2.75, 3.05) is 12.4 Å². The summed E-state index contributed by atoms with van der Waals surface area (Å²) < 4.78 is 5.14. The van der Waals surface area contributed by atoms with Crippen molar-refractivity contribution in [2.45, 2.75) is 20.3 Å². The topological polar surface area (TPSA) is 59.9 Å². The summed E-state index contributed by atoms with van der Waals surface area (Å²) in [5, 5.41) is 3.01. The Morgan fingerprint density at radius 3 is 2.56 bits per heavy atom. The number of nitrogens with zero attached hydrogens (tertiary/aromatic N) is 3. The summed E-state index contributed by atoms with van der Waals surface area (Å²) in [6.07, 6.45) is 7.77. The zero-order valence-corrected chi connectivity index (χ0v) is 10.9. The van der Waals surface area contributed by atoms with Crippen molar-refractivity contribution in [1.29, 1.82) is 0 Å². The van der Waals surface area contributed by atoms with Gasteiger partial charge >= 0.3 is 0 Å². The minimum Gasteiger partial charge on any atom is -0.493 e. The highest BCUT2D eigenvalue weighted by molar-refractivity contribution is 5.58. The van der Waals surface area contributed by atoms with Crippen LogP contribution in [-0.2, 0) is 0 Å². The van der Waals surface area contributed by atoms with Crippen molar-refractivity contribution in [3.8, 4) is 5.75 Å². The highest BCUT2D eigenvalue weighted by atomic mass is 16.5. The van der Waals surface area contributed by atoms with Gasteiger partial charge in [-0.1, -0.05) is 20.3 Å². The molecule has 0 aliphatic heterocycles. The summed E-state index contributed by atoms with van der Waals surface area (Å²) in [6.45, 7) is 4.25. The van der Waals surface area contributed by atoms with Crippen molar-refractivity contribution in [3.63, 3.8) is 0 Å². The van der Waals surface area contributed by atoms with Gasteiger partial charge in [0.2, 0.25) is 0 Å². The normalized spacial score (nSPS) is 9.06. The average molecular weight is 246 g/mol. The zero-order valence-electron chi connectivity index (χ0n) is 10.9. The summed E-state index contributed by atoms with van der Waals surface area (Å²) in [4.78, 5) is 12.2. The van der Waals surface area contributed by atoms with E-state index in [9.17, 15) is 0 Å². The van der Waals surface area contributed by atoms with Crippen LogP contribution in [0, 0.1) is 0 Å². The lowest BCUT2D eigenvalue weighted by molar-refractivity contribution is 0.415. The van der Waals surface area contributed by atoms with Gasteiger partial charge in [0.25, 0.3) is 0 Å². The van der Waals surface area contributed by atoms with Gasteiger partial charge in [-0.15, -0.1) is 0 Å². The third-order valence-electron chi connectivity index (χ3n) is 1.80. The molecule has 0 unspecified atom stereocenters.